The first-order valence-electron chi connectivity index (χ1n) is 4.70. The Hall–Kier alpha value is -0.380. The number of rotatable bonds is 3. The summed E-state index contributed by atoms with van der Waals surface area (Å²) in [5.74, 6) is -10.8. The van der Waals surface area contributed by atoms with Gasteiger partial charge in [-0.25, -0.2) is 4.57 Å². The van der Waals surface area contributed by atoms with Gasteiger partial charge in [0.05, 0.1) is 6.10 Å². The molecule has 0 aromatic carbocycles. The van der Waals surface area contributed by atoms with Crippen LogP contribution in [0.2, 0.25) is 0 Å². The highest BCUT2D eigenvalue weighted by Crippen LogP contribution is 2.58. The second-order valence-corrected chi connectivity index (χ2v) is 5.28. The minimum atomic E-state index is -5.54. The standard InChI is InChI=1S/C7H8F7O4P/c1-3-4(18-19(15,16)17-3)7(13,14)5(8,9)2-6(10,11)12/h3-4H,2H2,1H3,(H,15,16). The van der Waals surface area contributed by atoms with Crippen LogP contribution in [0.1, 0.15) is 13.3 Å². The second-order valence-electron chi connectivity index (χ2n) is 3.92. The Kier molecular flexibility index (Phi) is 4.01. The van der Waals surface area contributed by atoms with E-state index in [2.05, 4.69) is 9.05 Å². The highest BCUT2D eigenvalue weighted by Gasteiger charge is 2.69. The SMILES string of the molecule is CC1OP(=O)(O)OC1C(F)(F)C(F)(F)CC(F)(F)F. The van der Waals surface area contributed by atoms with E-state index in [0.29, 0.717) is 6.92 Å². The summed E-state index contributed by atoms with van der Waals surface area (Å²) in [6.07, 6.45) is -13.6. The molecule has 0 aromatic rings. The van der Waals surface area contributed by atoms with Crippen molar-refractivity contribution in [1.29, 1.82) is 0 Å². The average molecular weight is 320 g/mol. The van der Waals surface area contributed by atoms with E-state index in [1.165, 1.54) is 0 Å². The van der Waals surface area contributed by atoms with Crippen molar-refractivity contribution in [3.05, 3.63) is 0 Å². The summed E-state index contributed by atoms with van der Waals surface area (Å²) in [6, 6.07) is 0. The summed E-state index contributed by atoms with van der Waals surface area (Å²) in [5.41, 5.74) is 0. The van der Waals surface area contributed by atoms with E-state index in [1.54, 1.807) is 0 Å². The summed E-state index contributed by atoms with van der Waals surface area (Å²) in [5, 5.41) is 0. The van der Waals surface area contributed by atoms with Crippen LogP contribution in [0.5, 0.6) is 0 Å². The maximum Gasteiger partial charge on any atom is 0.473 e. The molecule has 1 heterocycles. The number of halogens is 7. The molecule has 0 radical (unpaired) electrons. The Morgan fingerprint density at radius 2 is 1.58 bits per heavy atom. The molecule has 0 aliphatic carbocycles. The van der Waals surface area contributed by atoms with Crippen LogP contribution >= 0.6 is 7.82 Å². The van der Waals surface area contributed by atoms with Gasteiger partial charge in [-0.15, -0.1) is 0 Å². The normalized spacial score (nSPS) is 33.7. The maximum absolute atomic E-state index is 13.3. The fourth-order valence-electron chi connectivity index (χ4n) is 1.46. The molecule has 4 nitrogen and oxygen atoms in total. The van der Waals surface area contributed by atoms with Gasteiger partial charge in [0.15, 0.2) is 6.10 Å². The van der Waals surface area contributed by atoms with E-state index in [-0.39, 0.29) is 0 Å². The van der Waals surface area contributed by atoms with Crippen molar-refractivity contribution >= 4 is 7.82 Å². The van der Waals surface area contributed by atoms with Crippen LogP contribution in [-0.2, 0) is 13.6 Å². The van der Waals surface area contributed by atoms with Gasteiger partial charge in [0, 0.05) is 0 Å². The van der Waals surface area contributed by atoms with Gasteiger partial charge < -0.3 is 4.89 Å². The summed E-state index contributed by atoms with van der Waals surface area (Å²) >= 11 is 0. The van der Waals surface area contributed by atoms with E-state index < -0.39 is 44.5 Å². The molecule has 1 aliphatic rings. The third kappa shape index (κ3) is 3.59. The molecule has 1 aliphatic heterocycles. The van der Waals surface area contributed by atoms with Crippen molar-refractivity contribution in [3.8, 4) is 0 Å². The Balaban J connectivity index is 3.00. The Morgan fingerprint density at radius 3 is 1.89 bits per heavy atom. The summed E-state index contributed by atoms with van der Waals surface area (Å²) in [6.45, 7) is 0.706. The molecule has 3 unspecified atom stereocenters. The van der Waals surface area contributed by atoms with Crippen LogP contribution in [0, 0.1) is 0 Å². The van der Waals surface area contributed by atoms with Crippen LogP contribution in [0.15, 0.2) is 0 Å². The van der Waals surface area contributed by atoms with Gasteiger partial charge in [0.25, 0.3) is 0 Å². The first-order chi connectivity index (χ1) is 8.18. The van der Waals surface area contributed by atoms with Crippen LogP contribution in [-0.4, -0.2) is 35.1 Å². The van der Waals surface area contributed by atoms with E-state index >= 15 is 0 Å². The fraction of sp³-hybridized carbons (Fsp3) is 1.00. The smallest absolute Gasteiger partial charge is 0.302 e. The highest BCUT2D eigenvalue weighted by molar-refractivity contribution is 7.47. The number of alkyl halides is 7. The van der Waals surface area contributed by atoms with Gasteiger partial charge in [0.2, 0.25) is 0 Å². The molecular weight excluding hydrogens is 312 g/mol. The number of phosphoric ester groups is 1. The van der Waals surface area contributed by atoms with Crippen LogP contribution in [0.3, 0.4) is 0 Å². The second kappa shape index (κ2) is 4.57. The molecule has 3 atom stereocenters. The predicted molar refractivity (Wildman–Crippen MR) is 45.8 cm³/mol. The van der Waals surface area contributed by atoms with Gasteiger partial charge in [-0.2, -0.15) is 30.7 Å². The van der Waals surface area contributed by atoms with Crippen molar-refractivity contribution in [3.63, 3.8) is 0 Å². The van der Waals surface area contributed by atoms with Crippen LogP contribution < -0.4 is 0 Å². The minimum Gasteiger partial charge on any atom is -0.302 e. The maximum atomic E-state index is 13.3. The number of hydrogen-bond donors (Lipinski definition) is 1. The van der Waals surface area contributed by atoms with E-state index in [1.807, 2.05) is 0 Å². The van der Waals surface area contributed by atoms with E-state index in [4.69, 9.17) is 4.89 Å². The molecular formula is C7H8F7O4P. The summed E-state index contributed by atoms with van der Waals surface area (Å²) < 4.78 is 107. The van der Waals surface area contributed by atoms with E-state index in [9.17, 15) is 35.3 Å². The molecule has 0 amide bonds. The third-order valence-electron chi connectivity index (χ3n) is 2.24. The lowest BCUT2D eigenvalue weighted by Crippen LogP contribution is -2.54. The lowest BCUT2D eigenvalue weighted by atomic mass is 9.99. The third-order valence-corrected chi connectivity index (χ3v) is 3.33. The Morgan fingerprint density at radius 1 is 1.11 bits per heavy atom. The largest absolute Gasteiger partial charge is 0.473 e. The van der Waals surface area contributed by atoms with Crippen LogP contribution in [0.25, 0.3) is 0 Å². The minimum absolute atomic E-state index is 0.706. The molecule has 0 aromatic heterocycles. The highest BCUT2D eigenvalue weighted by atomic mass is 31.2. The number of phosphoric acid groups is 1. The molecule has 1 saturated heterocycles. The molecule has 1 fully saturated rings. The first-order valence-corrected chi connectivity index (χ1v) is 6.19. The zero-order valence-corrected chi connectivity index (χ0v) is 10.0. The molecule has 0 bridgehead atoms. The van der Waals surface area contributed by atoms with Crippen LogP contribution in [0.4, 0.5) is 30.7 Å². The first kappa shape index (κ1) is 16.7. The van der Waals surface area contributed by atoms with Gasteiger partial charge >= 0.3 is 25.8 Å². The van der Waals surface area contributed by atoms with E-state index in [0.717, 1.165) is 0 Å². The summed E-state index contributed by atoms with van der Waals surface area (Å²) in [4.78, 5) is 8.71. The molecule has 0 spiro atoms. The molecule has 1 N–H and O–H groups in total. The zero-order chi connectivity index (χ0) is 15.3. The predicted octanol–water partition coefficient (Wildman–Crippen LogP) is 3.11. The summed E-state index contributed by atoms with van der Waals surface area (Å²) in [7, 11) is -4.97. The Bertz CT molecular complexity index is 395. The van der Waals surface area contributed by atoms with Gasteiger partial charge in [-0.3, -0.25) is 9.05 Å². The quantitative estimate of drug-likeness (QED) is 0.641. The van der Waals surface area contributed by atoms with Gasteiger partial charge in [0.1, 0.15) is 6.42 Å². The van der Waals surface area contributed by atoms with Crippen molar-refractivity contribution in [1.82, 2.24) is 0 Å². The van der Waals surface area contributed by atoms with Gasteiger partial charge in [-0.1, -0.05) is 0 Å². The fourth-order valence-corrected chi connectivity index (χ4v) is 2.63. The van der Waals surface area contributed by atoms with Gasteiger partial charge in [-0.05, 0) is 6.92 Å². The monoisotopic (exact) mass is 320 g/mol. The zero-order valence-electron chi connectivity index (χ0n) is 9.13. The topological polar surface area (TPSA) is 55.8 Å². The lowest BCUT2D eigenvalue weighted by molar-refractivity contribution is -0.288. The average Bonchev–Trinajstić information content (AvgIpc) is 2.35. The number of hydrogen-bond acceptors (Lipinski definition) is 3. The van der Waals surface area contributed by atoms with Crippen molar-refractivity contribution in [2.45, 2.75) is 43.6 Å². The lowest BCUT2D eigenvalue weighted by Gasteiger charge is -2.31. The van der Waals surface area contributed by atoms with Crippen molar-refractivity contribution in [2.24, 2.45) is 0 Å². The van der Waals surface area contributed by atoms with Crippen molar-refractivity contribution in [2.75, 3.05) is 0 Å². The molecule has 114 valence electrons. The molecule has 19 heavy (non-hydrogen) atoms. The molecule has 0 saturated carbocycles. The molecule has 1 rings (SSSR count). The van der Waals surface area contributed by atoms with Crippen molar-refractivity contribution < 1.29 is 49.2 Å². The Labute approximate surface area is 102 Å². The molecule has 12 heteroatoms.